The van der Waals surface area contributed by atoms with E-state index in [2.05, 4.69) is 31.5 Å². The lowest BCUT2D eigenvalue weighted by molar-refractivity contribution is -0.123. The van der Waals surface area contributed by atoms with Crippen LogP contribution in [0.5, 0.6) is 11.5 Å². The number of carbonyl (C=O) groups excluding carboxylic acids is 5. The van der Waals surface area contributed by atoms with E-state index in [4.69, 9.17) is 14.2 Å². The first-order valence-electron chi connectivity index (χ1n) is 14.2. The predicted octanol–water partition coefficient (Wildman–Crippen LogP) is 1.42. The molecule has 2 aromatic carbocycles. The second kappa shape index (κ2) is 15.7. The first-order valence-corrected chi connectivity index (χ1v) is 14.2. The first kappa shape index (κ1) is 33.7. The summed E-state index contributed by atoms with van der Waals surface area (Å²) < 4.78 is 17.9. The number of rotatable bonds is 14. The smallest absolute Gasteiger partial charge is 0.356 e. The molecule has 0 aliphatic carbocycles. The van der Waals surface area contributed by atoms with Gasteiger partial charge in [-0.15, -0.1) is 0 Å². The average molecular weight is 647 g/mol. The molecule has 246 valence electrons. The average Bonchev–Trinajstić information content (AvgIpc) is 3.65. The molecule has 0 spiro atoms. The first-order chi connectivity index (χ1) is 22.6. The van der Waals surface area contributed by atoms with Gasteiger partial charge in [0, 0.05) is 19.1 Å². The van der Waals surface area contributed by atoms with Crippen molar-refractivity contribution in [3.8, 4) is 11.5 Å². The maximum atomic E-state index is 13.0. The highest BCUT2D eigenvalue weighted by Crippen LogP contribution is 2.17. The molecule has 0 aliphatic heterocycles. The fourth-order valence-electron chi connectivity index (χ4n) is 4.32. The van der Waals surface area contributed by atoms with Crippen LogP contribution < -0.4 is 30.7 Å². The second-order valence-electron chi connectivity index (χ2n) is 10.0. The molecular formula is C31H34N8O8. The van der Waals surface area contributed by atoms with Gasteiger partial charge in [-0.2, -0.15) is 10.2 Å². The normalized spacial score (nSPS) is 10.5. The molecule has 0 bridgehead atoms. The summed E-state index contributed by atoms with van der Waals surface area (Å²) in [7, 11) is 4.34. The van der Waals surface area contributed by atoms with Crippen molar-refractivity contribution in [1.82, 2.24) is 30.2 Å². The lowest BCUT2D eigenvalue weighted by Gasteiger charge is -2.09. The summed E-state index contributed by atoms with van der Waals surface area (Å²) in [5.41, 5.74) is 1.84. The number of amides is 4. The molecule has 4 N–H and O–H groups in total. The minimum Gasteiger partial charge on any atom is -0.497 e. The number of nitrogens with zero attached hydrogens (tertiary/aromatic N) is 4. The summed E-state index contributed by atoms with van der Waals surface area (Å²) in [6.45, 7) is 0.848. The topological polar surface area (TPSA) is 197 Å². The van der Waals surface area contributed by atoms with E-state index in [1.54, 1.807) is 50.6 Å². The zero-order valence-electron chi connectivity index (χ0n) is 26.2. The Morgan fingerprint density at radius 2 is 1.15 bits per heavy atom. The summed E-state index contributed by atoms with van der Waals surface area (Å²) >= 11 is 0. The number of hydrogen-bond acceptors (Lipinski definition) is 10. The second-order valence-corrected chi connectivity index (χ2v) is 10.0. The zero-order valence-corrected chi connectivity index (χ0v) is 26.2. The number of ether oxygens (including phenoxy) is 3. The summed E-state index contributed by atoms with van der Waals surface area (Å²) in [4.78, 5) is 61.9. The van der Waals surface area contributed by atoms with E-state index in [-0.39, 0.29) is 42.0 Å². The van der Waals surface area contributed by atoms with Crippen molar-refractivity contribution in [2.45, 2.75) is 20.0 Å². The van der Waals surface area contributed by atoms with Crippen LogP contribution in [0.4, 0.5) is 11.6 Å². The quantitative estimate of drug-likeness (QED) is 0.145. The molecule has 0 aliphatic rings. The molecule has 0 unspecified atom stereocenters. The van der Waals surface area contributed by atoms with E-state index in [0.717, 1.165) is 11.1 Å². The van der Waals surface area contributed by atoms with E-state index < -0.39 is 36.8 Å². The zero-order chi connectivity index (χ0) is 33.9. The van der Waals surface area contributed by atoms with E-state index in [0.29, 0.717) is 11.5 Å². The number of nitrogens with one attached hydrogen (secondary N) is 4. The number of benzene rings is 2. The van der Waals surface area contributed by atoms with Gasteiger partial charge >= 0.3 is 5.97 Å². The number of carbonyl (C=O) groups is 5. The van der Waals surface area contributed by atoms with Gasteiger partial charge in [0.2, 0.25) is 17.7 Å². The third kappa shape index (κ3) is 9.40. The van der Waals surface area contributed by atoms with Gasteiger partial charge in [0.05, 0.1) is 47.5 Å². The summed E-state index contributed by atoms with van der Waals surface area (Å²) in [6, 6.07) is 17.0. The van der Waals surface area contributed by atoms with E-state index in [9.17, 15) is 24.0 Å². The van der Waals surface area contributed by atoms with Crippen LogP contribution in [0, 0.1) is 0 Å². The fraction of sp³-hybridized carbons (Fsp3) is 0.258. The van der Waals surface area contributed by atoms with Gasteiger partial charge in [0.15, 0.2) is 11.6 Å². The van der Waals surface area contributed by atoms with Crippen molar-refractivity contribution in [2.24, 2.45) is 0 Å². The Balaban J connectivity index is 1.33. The van der Waals surface area contributed by atoms with Gasteiger partial charge in [-0.25, -0.2) is 4.79 Å². The number of methoxy groups -OCH3 is 3. The van der Waals surface area contributed by atoms with Crippen LogP contribution in [0.25, 0.3) is 0 Å². The molecule has 16 heteroatoms. The highest BCUT2D eigenvalue weighted by atomic mass is 16.5. The third-order valence-corrected chi connectivity index (χ3v) is 6.60. The highest BCUT2D eigenvalue weighted by molar-refractivity contribution is 5.98. The molecule has 0 saturated heterocycles. The van der Waals surface area contributed by atoms with Crippen LogP contribution in [0.3, 0.4) is 0 Å². The molecule has 4 aromatic rings. The van der Waals surface area contributed by atoms with Gasteiger partial charge < -0.3 is 35.5 Å². The van der Waals surface area contributed by atoms with E-state index in [1.165, 1.54) is 35.5 Å². The van der Waals surface area contributed by atoms with Crippen molar-refractivity contribution in [1.29, 1.82) is 0 Å². The van der Waals surface area contributed by atoms with Gasteiger partial charge in [-0.05, 0) is 35.4 Å². The van der Waals surface area contributed by atoms with Crippen molar-refractivity contribution in [3.63, 3.8) is 0 Å². The van der Waals surface area contributed by atoms with Crippen molar-refractivity contribution in [2.75, 3.05) is 45.1 Å². The van der Waals surface area contributed by atoms with Crippen molar-refractivity contribution >= 4 is 41.2 Å². The Bertz CT molecular complexity index is 1750. The van der Waals surface area contributed by atoms with Gasteiger partial charge in [0.25, 0.3) is 5.91 Å². The summed E-state index contributed by atoms with van der Waals surface area (Å²) in [5.74, 6) is -1.32. The molecular weight excluding hydrogens is 612 g/mol. The monoisotopic (exact) mass is 646 g/mol. The molecule has 2 heterocycles. The minimum atomic E-state index is -0.648. The highest BCUT2D eigenvalue weighted by Gasteiger charge is 2.20. The lowest BCUT2D eigenvalue weighted by Crippen LogP contribution is -2.40. The Labute approximate surface area is 269 Å². The Hall–Kier alpha value is -6.19. The van der Waals surface area contributed by atoms with Crippen LogP contribution in [0.1, 0.15) is 39.0 Å². The van der Waals surface area contributed by atoms with Gasteiger partial charge in [0.1, 0.15) is 22.9 Å². The largest absolute Gasteiger partial charge is 0.497 e. The number of esters is 1. The minimum absolute atomic E-state index is 0.0755. The van der Waals surface area contributed by atoms with Crippen LogP contribution in [-0.4, -0.2) is 83.6 Å². The number of anilines is 2. The van der Waals surface area contributed by atoms with Crippen molar-refractivity contribution < 1.29 is 38.2 Å². The Morgan fingerprint density at radius 1 is 0.660 bits per heavy atom. The molecule has 0 fully saturated rings. The van der Waals surface area contributed by atoms with Crippen LogP contribution >= 0.6 is 0 Å². The number of hydrogen-bond donors (Lipinski definition) is 4. The standard InChI is InChI=1S/C31H34N8O8/c1-19(40)34-26-13-24(38(36-26)17-20-5-9-22(45-2)10-6-20)30(43)33-15-28(41)32-16-29(42)35-27-14-25(31(44)47-4)39(37-27)18-21-7-11-23(46-3)12-8-21/h5-14H,15-18H2,1-4H3,(H,32,41)(H,33,43)(H,34,36,40)(H,35,37,42). The molecule has 4 amide bonds. The lowest BCUT2D eigenvalue weighted by atomic mass is 10.2. The number of aromatic nitrogens is 4. The van der Waals surface area contributed by atoms with E-state index in [1.807, 2.05) is 12.1 Å². The molecule has 0 atom stereocenters. The Morgan fingerprint density at radius 3 is 1.66 bits per heavy atom. The fourth-order valence-corrected chi connectivity index (χ4v) is 4.32. The summed E-state index contributed by atoms with van der Waals surface area (Å²) in [6.07, 6.45) is 0. The third-order valence-electron chi connectivity index (χ3n) is 6.60. The van der Waals surface area contributed by atoms with E-state index >= 15 is 0 Å². The van der Waals surface area contributed by atoms with Gasteiger partial charge in [-0.1, -0.05) is 24.3 Å². The molecule has 16 nitrogen and oxygen atoms in total. The van der Waals surface area contributed by atoms with Crippen molar-refractivity contribution in [3.05, 3.63) is 83.2 Å². The van der Waals surface area contributed by atoms with Crippen LogP contribution in [-0.2, 0) is 32.2 Å². The summed E-state index contributed by atoms with van der Waals surface area (Å²) in [5, 5.41) is 18.6. The molecule has 2 aromatic heterocycles. The molecule has 0 radical (unpaired) electrons. The molecule has 4 rings (SSSR count). The predicted molar refractivity (Wildman–Crippen MR) is 168 cm³/mol. The maximum Gasteiger partial charge on any atom is 0.356 e. The van der Waals surface area contributed by atoms with Crippen LogP contribution in [0.2, 0.25) is 0 Å². The van der Waals surface area contributed by atoms with Crippen LogP contribution in [0.15, 0.2) is 60.7 Å². The SMILES string of the molecule is COC(=O)c1cc(NC(=O)CNC(=O)CNC(=O)c2cc(NC(C)=O)nn2Cc2ccc(OC)cc2)nn1Cc1ccc(OC)cc1. The Kier molecular flexibility index (Phi) is 11.3. The van der Waals surface area contributed by atoms with Gasteiger partial charge in [-0.3, -0.25) is 28.5 Å². The maximum absolute atomic E-state index is 13.0. The molecule has 47 heavy (non-hydrogen) atoms. The molecule has 0 saturated carbocycles.